The Morgan fingerprint density at radius 3 is 2.00 bits per heavy atom. The molecule has 0 saturated heterocycles. The number of hydrogen-bond acceptors (Lipinski definition) is 1. The molecule has 0 aliphatic rings. The van der Waals surface area contributed by atoms with Gasteiger partial charge >= 0.3 is 0 Å². The largest absolute Gasteiger partial charge is 0.324 e. The number of benzene rings is 2. The van der Waals surface area contributed by atoms with Crippen molar-refractivity contribution in [1.82, 2.24) is 0 Å². The number of nitrogens with two attached hydrogens (primary N) is 1. The lowest BCUT2D eigenvalue weighted by Crippen LogP contribution is -2.16. The lowest BCUT2D eigenvalue weighted by molar-refractivity contribution is 0.539. The summed E-state index contributed by atoms with van der Waals surface area (Å²) in [6, 6.07) is 6.36. The Balaban J connectivity index is 2.31. The van der Waals surface area contributed by atoms with E-state index in [4.69, 9.17) is 5.73 Å². The van der Waals surface area contributed by atoms with E-state index < -0.39 is 17.7 Å². The van der Waals surface area contributed by atoms with E-state index >= 15 is 0 Å². The van der Waals surface area contributed by atoms with Crippen molar-refractivity contribution in [3.8, 4) is 0 Å². The Hall–Kier alpha value is -1.81. The first-order valence-corrected chi connectivity index (χ1v) is 6.35. The minimum absolute atomic E-state index is 0.0308. The SMILES string of the molecule is Cc1cc(C(N)Cc2c(F)cccc2F)cc(C)c1F. The number of halogens is 3. The molecular weight excluding hydrogens is 263 g/mol. The molecule has 0 spiro atoms. The maximum absolute atomic E-state index is 13.6. The molecule has 2 rings (SSSR count). The van der Waals surface area contributed by atoms with E-state index in [0.29, 0.717) is 16.7 Å². The van der Waals surface area contributed by atoms with Gasteiger partial charge in [0, 0.05) is 11.6 Å². The molecule has 0 heterocycles. The fraction of sp³-hybridized carbons (Fsp3) is 0.250. The summed E-state index contributed by atoms with van der Waals surface area (Å²) in [4.78, 5) is 0. The predicted molar refractivity (Wildman–Crippen MR) is 72.9 cm³/mol. The van der Waals surface area contributed by atoms with Crippen molar-refractivity contribution in [2.24, 2.45) is 5.73 Å². The molecule has 0 bridgehead atoms. The van der Waals surface area contributed by atoms with Crippen LogP contribution in [-0.2, 0) is 6.42 Å². The Labute approximate surface area is 116 Å². The predicted octanol–water partition coefficient (Wildman–Crippen LogP) is 3.96. The first-order chi connectivity index (χ1) is 9.40. The molecule has 106 valence electrons. The van der Waals surface area contributed by atoms with Gasteiger partial charge in [0.1, 0.15) is 17.5 Å². The van der Waals surface area contributed by atoms with E-state index in [1.54, 1.807) is 26.0 Å². The molecule has 1 atom stereocenters. The lowest BCUT2D eigenvalue weighted by Gasteiger charge is -2.15. The van der Waals surface area contributed by atoms with Crippen LogP contribution < -0.4 is 5.73 Å². The Morgan fingerprint density at radius 2 is 1.50 bits per heavy atom. The van der Waals surface area contributed by atoms with E-state index in [2.05, 4.69) is 0 Å². The van der Waals surface area contributed by atoms with Crippen molar-refractivity contribution < 1.29 is 13.2 Å². The van der Waals surface area contributed by atoms with Gasteiger partial charge in [-0.3, -0.25) is 0 Å². The molecule has 0 aliphatic carbocycles. The van der Waals surface area contributed by atoms with Gasteiger partial charge in [-0.2, -0.15) is 0 Å². The standard InChI is InChI=1S/C16H16F3N/c1-9-6-11(7-10(2)16(9)19)15(20)8-12-13(17)4-3-5-14(12)18/h3-7,15H,8,20H2,1-2H3. The van der Waals surface area contributed by atoms with Gasteiger partial charge in [0.15, 0.2) is 0 Å². The molecule has 0 saturated carbocycles. The maximum Gasteiger partial charge on any atom is 0.129 e. The average molecular weight is 279 g/mol. The summed E-state index contributed by atoms with van der Waals surface area (Å²) >= 11 is 0. The van der Waals surface area contributed by atoms with Crippen molar-refractivity contribution in [2.45, 2.75) is 26.3 Å². The monoisotopic (exact) mass is 279 g/mol. The van der Waals surface area contributed by atoms with Crippen LogP contribution >= 0.6 is 0 Å². The van der Waals surface area contributed by atoms with Gasteiger partial charge in [-0.25, -0.2) is 13.2 Å². The van der Waals surface area contributed by atoms with Gasteiger partial charge in [0.25, 0.3) is 0 Å². The Kier molecular flexibility index (Phi) is 4.14. The zero-order valence-corrected chi connectivity index (χ0v) is 11.4. The third kappa shape index (κ3) is 2.85. The summed E-state index contributed by atoms with van der Waals surface area (Å²) < 4.78 is 40.8. The number of aryl methyl sites for hydroxylation is 2. The van der Waals surface area contributed by atoms with E-state index in [1.165, 1.54) is 18.2 Å². The van der Waals surface area contributed by atoms with Crippen LogP contribution in [0.1, 0.15) is 28.3 Å². The smallest absolute Gasteiger partial charge is 0.129 e. The lowest BCUT2D eigenvalue weighted by atomic mass is 9.96. The van der Waals surface area contributed by atoms with Gasteiger partial charge < -0.3 is 5.73 Å². The van der Waals surface area contributed by atoms with Crippen LogP contribution in [0, 0.1) is 31.3 Å². The van der Waals surface area contributed by atoms with Crippen LogP contribution in [0.5, 0.6) is 0 Å². The highest BCUT2D eigenvalue weighted by atomic mass is 19.1. The third-order valence-corrected chi connectivity index (χ3v) is 3.37. The van der Waals surface area contributed by atoms with Crippen molar-refractivity contribution in [3.63, 3.8) is 0 Å². The van der Waals surface area contributed by atoms with Crippen LogP contribution in [0.15, 0.2) is 30.3 Å². The Morgan fingerprint density at radius 1 is 1.00 bits per heavy atom. The number of rotatable bonds is 3. The minimum atomic E-state index is -0.615. The fourth-order valence-electron chi connectivity index (χ4n) is 2.26. The zero-order valence-electron chi connectivity index (χ0n) is 11.4. The van der Waals surface area contributed by atoms with Gasteiger partial charge in [0.2, 0.25) is 0 Å². The highest BCUT2D eigenvalue weighted by molar-refractivity contribution is 5.33. The van der Waals surface area contributed by atoms with Crippen LogP contribution in [0.25, 0.3) is 0 Å². The second kappa shape index (κ2) is 5.67. The van der Waals surface area contributed by atoms with Crippen LogP contribution in [0.4, 0.5) is 13.2 Å². The molecule has 2 aromatic rings. The van der Waals surface area contributed by atoms with E-state index in [-0.39, 0.29) is 17.8 Å². The quantitative estimate of drug-likeness (QED) is 0.904. The first kappa shape index (κ1) is 14.6. The van der Waals surface area contributed by atoms with Gasteiger partial charge in [-0.1, -0.05) is 18.2 Å². The van der Waals surface area contributed by atoms with Crippen molar-refractivity contribution in [1.29, 1.82) is 0 Å². The molecule has 4 heteroatoms. The number of hydrogen-bond donors (Lipinski definition) is 1. The van der Waals surface area contributed by atoms with E-state index in [0.717, 1.165) is 0 Å². The van der Waals surface area contributed by atoms with E-state index in [1.807, 2.05) is 0 Å². The molecule has 2 aromatic carbocycles. The van der Waals surface area contributed by atoms with Crippen LogP contribution in [-0.4, -0.2) is 0 Å². The Bertz CT molecular complexity index is 594. The third-order valence-electron chi connectivity index (χ3n) is 3.37. The molecule has 0 amide bonds. The van der Waals surface area contributed by atoms with Gasteiger partial charge in [-0.15, -0.1) is 0 Å². The summed E-state index contributed by atoms with van der Waals surface area (Å²) in [7, 11) is 0. The fourth-order valence-corrected chi connectivity index (χ4v) is 2.26. The highest BCUT2D eigenvalue weighted by Crippen LogP contribution is 2.23. The summed E-state index contributed by atoms with van der Waals surface area (Å²) in [5.74, 6) is -1.51. The molecule has 20 heavy (non-hydrogen) atoms. The zero-order chi connectivity index (χ0) is 14.9. The highest BCUT2D eigenvalue weighted by Gasteiger charge is 2.16. The molecule has 1 unspecified atom stereocenters. The second-order valence-corrected chi connectivity index (χ2v) is 4.98. The molecule has 2 N–H and O–H groups in total. The molecule has 1 nitrogen and oxygen atoms in total. The summed E-state index contributed by atoms with van der Waals surface area (Å²) in [6.45, 7) is 3.28. The average Bonchev–Trinajstić information content (AvgIpc) is 2.39. The molecular formula is C16H16F3N. The minimum Gasteiger partial charge on any atom is -0.324 e. The molecule has 0 aliphatic heterocycles. The topological polar surface area (TPSA) is 26.0 Å². The first-order valence-electron chi connectivity index (χ1n) is 6.35. The molecule has 0 radical (unpaired) electrons. The van der Waals surface area contributed by atoms with Crippen molar-refractivity contribution in [2.75, 3.05) is 0 Å². The van der Waals surface area contributed by atoms with Crippen LogP contribution in [0.3, 0.4) is 0 Å². The summed E-state index contributed by atoms with van der Waals surface area (Å²) in [6.07, 6.45) is 0.0308. The summed E-state index contributed by atoms with van der Waals surface area (Å²) in [5, 5.41) is 0. The van der Waals surface area contributed by atoms with Crippen molar-refractivity contribution in [3.05, 3.63) is 70.0 Å². The van der Waals surface area contributed by atoms with E-state index in [9.17, 15) is 13.2 Å². The van der Waals surface area contributed by atoms with Gasteiger partial charge in [-0.05, 0) is 49.1 Å². The molecule has 0 fully saturated rings. The van der Waals surface area contributed by atoms with Gasteiger partial charge in [0.05, 0.1) is 0 Å². The second-order valence-electron chi connectivity index (χ2n) is 4.98. The normalized spacial score (nSPS) is 12.5. The van der Waals surface area contributed by atoms with Crippen LogP contribution in [0.2, 0.25) is 0 Å². The summed E-state index contributed by atoms with van der Waals surface area (Å²) in [5.41, 5.74) is 7.58. The maximum atomic E-state index is 13.6. The molecule has 0 aromatic heterocycles. The van der Waals surface area contributed by atoms with Crippen molar-refractivity contribution >= 4 is 0 Å².